The maximum atomic E-state index is 12.3. The monoisotopic (exact) mass is 276 g/mol. The van der Waals surface area contributed by atoms with Gasteiger partial charge in [0, 0.05) is 29.8 Å². The number of amides is 1. The molecule has 3 heteroatoms. The molecule has 0 saturated heterocycles. The van der Waals surface area contributed by atoms with Crippen LogP contribution in [0.3, 0.4) is 0 Å². The fraction of sp³-hybridized carbons (Fsp3) is 0.167. The van der Waals surface area contributed by atoms with Crippen molar-refractivity contribution < 1.29 is 4.79 Å². The first-order valence-electron chi connectivity index (χ1n) is 7.17. The van der Waals surface area contributed by atoms with Crippen LogP contribution in [0.25, 0.3) is 10.9 Å². The zero-order valence-electron chi connectivity index (χ0n) is 11.8. The first-order valence-corrected chi connectivity index (χ1v) is 7.17. The quantitative estimate of drug-likeness (QED) is 0.764. The van der Waals surface area contributed by atoms with E-state index in [9.17, 15) is 4.79 Å². The molecule has 0 aliphatic carbocycles. The van der Waals surface area contributed by atoms with Gasteiger partial charge in [0.15, 0.2) is 0 Å². The molecule has 104 valence electrons. The van der Waals surface area contributed by atoms with E-state index in [2.05, 4.69) is 41.3 Å². The minimum Gasteiger partial charge on any atom is -0.350 e. The fourth-order valence-electron chi connectivity index (χ4n) is 3.29. The van der Waals surface area contributed by atoms with Crippen LogP contribution in [0.2, 0.25) is 0 Å². The van der Waals surface area contributed by atoms with Gasteiger partial charge in [-0.15, -0.1) is 0 Å². The van der Waals surface area contributed by atoms with Gasteiger partial charge >= 0.3 is 0 Å². The number of aryl methyl sites for hydroxylation is 1. The number of hydrogen-bond acceptors (Lipinski definition) is 1. The highest BCUT2D eigenvalue weighted by atomic mass is 16.2. The van der Waals surface area contributed by atoms with Crippen molar-refractivity contribution >= 4 is 22.5 Å². The Balaban J connectivity index is 1.77. The van der Waals surface area contributed by atoms with E-state index >= 15 is 0 Å². The Hall–Kier alpha value is -2.55. The molecule has 0 saturated carbocycles. The van der Waals surface area contributed by atoms with E-state index in [0.29, 0.717) is 0 Å². The largest absolute Gasteiger partial charge is 0.350 e. The van der Waals surface area contributed by atoms with Crippen LogP contribution in [-0.2, 0) is 18.3 Å². The lowest BCUT2D eigenvalue weighted by Gasteiger charge is -2.07. The van der Waals surface area contributed by atoms with Gasteiger partial charge in [-0.25, -0.2) is 0 Å². The number of nitrogens with zero attached hydrogens (tertiary/aromatic N) is 1. The average Bonchev–Trinajstić information content (AvgIpc) is 2.99. The topological polar surface area (TPSA) is 34.0 Å². The van der Waals surface area contributed by atoms with Crippen molar-refractivity contribution in [2.45, 2.75) is 12.3 Å². The molecule has 1 amide bonds. The van der Waals surface area contributed by atoms with Crippen LogP contribution in [0.5, 0.6) is 0 Å². The van der Waals surface area contributed by atoms with Crippen LogP contribution in [0.4, 0.5) is 5.69 Å². The summed E-state index contributed by atoms with van der Waals surface area (Å²) in [6.45, 7) is 0. The van der Waals surface area contributed by atoms with Crippen LogP contribution in [-0.4, -0.2) is 10.5 Å². The Labute approximate surface area is 123 Å². The normalized spacial score (nSPS) is 17.0. The highest BCUT2D eigenvalue weighted by Gasteiger charge is 2.30. The van der Waals surface area contributed by atoms with Gasteiger partial charge in [0.1, 0.15) is 0 Å². The predicted octanol–water partition coefficient (Wildman–Crippen LogP) is 3.46. The second kappa shape index (κ2) is 4.48. The number of aromatic nitrogens is 1. The molecule has 2 heterocycles. The minimum atomic E-state index is -0.0907. The van der Waals surface area contributed by atoms with Crippen LogP contribution in [0.15, 0.2) is 54.7 Å². The Morgan fingerprint density at radius 2 is 1.86 bits per heavy atom. The molecular weight excluding hydrogens is 260 g/mol. The van der Waals surface area contributed by atoms with Crippen LogP contribution in [0, 0.1) is 0 Å². The zero-order chi connectivity index (χ0) is 14.4. The van der Waals surface area contributed by atoms with Gasteiger partial charge in [-0.1, -0.05) is 36.4 Å². The van der Waals surface area contributed by atoms with Crippen molar-refractivity contribution in [3.8, 4) is 0 Å². The number of rotatable bonds is 2. The molecule has 1 atom stereocenters. The van der Waals surface area contributed by atoms with E-state index in [1.807, 2.05) is 30.3 Å². The molecule has 0 fully saturated rings. The predicted molar refractivity (Wildman–Crippen MR) is 84.4 cm³/mol. The lowest BCUT2D eigenvalue weighted by Crippen LogP contribution is -2.14. The second-order valence-electron chi connectivity index (χ2n) is 5.62. The molecule has 1 N–H and O–H groups in total. The molecule has 0 spiro atoms. The van der Waals surface area contributed by atoms with E-state index in [0.717, 1.165) is 17.7 Å². The Morgan fingerprint density at radius 1 is 1.10 bits per heavy atom. The van der Waals surface area contributed by atoms with E-state index < -0.39 is 0 Å². The molecule has 2 aromatic carbocycles. The Morgan fingerprint density at radius 3 is 2.76 bits per heavy atom. The molecule has 21 heavy (non-hydrogen) atoms. The second-order valence-corrected chi connectivity index (χ2v) is 5.62. The van der Waals surface area contributed by atoms with Crippen molar-refractivity contribution in [1.29, 1.82) is 0 Å². The number of carbonyl (C=O) groups is 1. The Bertz CT molecular complexity index is 847. The summed E-state index contributed by atoms with van der Waals surface area (Å²) in [6.07, 6.45) is 2.88. The van der Waals surface area contributed by atoms with Gasteiger partial charge in [-0.2, -0.15) is 0 Å². The molecule has 3 nitrogen and oxygen atoms in total. The molecule has 1 aromatic heterocycles. The van der Waals surface area contributed by atoms with Gasteiger partial charge < -0.3 is 9.88 Å². The maximum absolute atomic E-state index is 12.3. The molecule has 0 bridgehead atoms. The summed E-state index contributed by atoms with van der Waals surface area (Å²) in [5, 5.41) is 4.21. The lowest BCUT2D eigenvalue weighted by molar-refractivity contribution is -0.117. The number of benzene rings is 2. The number of nitrogens with one attached hydrogen (secondary N) is 1. The van der Waals surface area contributed by atoms with Gasteiger partial charge in [-0.3, -0.25) is 4.79 Å². The summed E-state index contributed by atoms with van der Waals surface area (Å²) >= 11 is 0. The van der Waals surface area contributed by atoms with Gasteiger partial charge in [0.2, 0.25) is 5.91 Å². The minimum absolute atomic E-state index is 0.0907. The summed E-state index contributed by atoms with van der Waals surface area (Å²) in [5.41, 5.74) is 4.49. The number of hydrogen-bond donors (Lipinski definition) is 1. The first-order chi connectivity index (χ1) is 10.2. The molecule has 4 rings (SSSR count). The van der Waals surface area contributed by atoms with Crippen molar-refractivity contribution in [2.24, 2.45) is 7.05 Å². The van der Waals surface area contributed by atoms with Gasteiger partial charge in [0.05, 0.1) is 5.92 Å². The van der Waals surface area contributed by atoms with Gasteiger partial charge in [-0.05, 0) is 29.7 Å². The number of para-hydroxylation sites is 2. The van der Waals surface area contributed by atoms with E-state index in [-0.39, 0.29) is 11.8 Å². The third-order valence-electron chi connectivity index (χ3n) is 4.31. The van der Waals surface area contributed by atoms with E-state index in [1.165, 1.54) is 16.5 Å². The van der Waals surface area contributed by atoms with Crippen molar-refractivity contribution in [3.05, 3.63) is 65.9 Å². The fourth-order valence-corrected chi connectivity index (χ4v) is 3.29. The van der Waals surface area contributed by atoms with Crippen LogP contribution in [0.1, 0.15) is 17.0 Å². The standard InChI is InChI=1S/C18H16N2O/c1-20-11-12(13-6-3-5-9-17(13)20)10-15-14-7-2-4-8-16(14)19-18(15)21/h2-9,11,15H,10H2,1H3,(H,19,21). The molecular formula is C18H16N2O. The smallest absolute Gasteiger partial charge is 0.232 e. The average molecular weight is 276 g/mol. The number of anilines is 1. The summed E-state index contributed by atoms with van der Waals surface area (Å²) in [4.78, 5) is 12.3. The van der Waals surface area contributed by atoms with E-state index in [1.54, 1.807) is 0 Å². The highest BCUT2D eigenvalue weighted by Crippen LogP contribution is 2.36. The molecule has 1 unspecified atom stereocenters. The van der Waals surface area contributed by atoms with Crippen molar-refractivity contribution in [2.75, 3.05) is 5.32 Å². The Kier molecular flexibility index (Phi) is 2.61. The van der Waals surface area contributed by atoms with E-state index in [4.69, 9.17) is 0 Å². The first kappa shape index (κ1) is 12.2. The van der Waals surface area contributed by atoms with Gasteiger partial charge in [0.25, 0.3) is 0 Å². The molecule has 1 aliphatic heterocycles. The number of carbonyl (C=O) groups excluding carboxylic acids is 1. The highest BCUT2D eigenvalue weighted by molar-refractivity contribution is 6.03. The molecule has 0 radical (unpaired) electrons. The summed E-state index contributed by atoms with van der Waals surface area (Å²) in [5.74, 6) is 0.0103. The van der Waals surface area contributed by atoms with Crippen molar-refractivity contribution in [1.82, 2.24) is 4.57 Å². The van der Waals surface area contributed by atoms with Crippen LogP contribution < -0.4 is 5.32 Å². The van der Waals surface area contributed by atoms with Crippen LogP contribution >= 0.6 is 0 Å². The number of fused-ring (bicyclic) bond motifs is 2. The molecule has 1 aliphatic rings. The van der Waals surface area contributed by atoms with Crippen molar-refractivity contribution in [3.63, 3.8) is 0 Å². The summed E-state index contributed by atoms with van der Waals surface area (Å²) in [6, 6.07) is 16.3. The SMILES string of the molecule is Cn1cc(CC2C(=O)Nc3ccccc32)c2ccccc21. The summed E-state index contributed by atoms with van der Waals surface area (Å²) < 4.78 is 2.13. The zero-order valence-corrected chi connectivity index (χ0v) is 11.8. The maximum Gasteiger partial charge on any atom is 0.232 e. The summed E-state index contributed by atoms with van der Waals surface area (Å²) in [7, 11) is 2.05. The lowest BCUT2D eigenvalue weighted by atomic mass is 9.93. The third kappa shape index (κ3) is 1.85. The molecule has 3 aromatic rings. The third-order valence-corrected chi connectivity index (χ3v) is 4.31.